The second-order valence-corrected chi connectivity index (χ2v) is 6.74. The van der Waals surface area contributed by atoms with Crippen LogP contribution in [0.4, 0.5) is 0 Å². The molecule has 0 aromatic rings. The monoisotopic (exact) mass is 269 g/mol. The summed E-state index contributed by atoms with van der Waals surface area (Å²) < 4.78 is 0. The highest BCUT2D eigenvalue weighted by Crippen LogP contribution is 2.19. The molecule has 19 heavy (non-hydrogen) atoms. The van der Waals surface area contributed by atoms with Gasteiger partial charge in [-0.3, -0.25) is 14.5 Å². The van der Waals surface area contributed by atoms with E-state index in [4.69, 9.17) is 0 Å². The summed E-state index contributed by atoms with van der Waals surface area (Å²) in [6, 6.07) is -0.405. The third-order valence-corrected chi connectivity index (χ3v) is 3.27. The molecule has 1 N–H and O–H groups in total. The normalized spacial score (nSPS) is 21.1. The third-order valence-electron chi connectivity index (χ3n) is 3.27. The summed E-state index contributed by atoms with van der Waals surface area (Å²) in [6.45, 7) is 9.70. The van der Waals surface area contributed by atoms with Gasteiger partial charge in [-0.2, -0.15) is 0 Å². The number of nitrogens with one attached hydrogen (secondary N) is 1. The molecule has 1 rings (SSSR count). The lowest BCUT2D eigenvalue weighted by Crippen LogP contribution is -2.46. The standard InChI is InChI=1S/C14H27N3O2/c1-10(2)17-12(18)7-11(13(17)19)15-8-14(3,4)9-16(5)6/h10-11,15H,7-9H2,1-6H3. The molecule has 0 spiro atoms. The minimum absolute atomic E-state index is 0.0541. The van der Waals surface area contributed by atoms with Gasteiger partial charge in [0.05, 0.1) is 12.5 Å². The lowest BCUT2D eigenvalue weighted by molar-refractivity contribution is -0.140. The van der Waals surface area contributed by atoms with Crippen LogP contribution in [0.2, 0.25) is 0 Å². The molecular weight excluding hydrogens is 242 g/mol. The highest BCUT2D eigenvalue weighted by atomic mass is 16.2. The Morgan fingerprint density at radius 1 is 1.37 bits per heavy atom. The van der Waals surface area contributed by atoms with Gasteiger partial charge in [0.15, 0.2) is 0 Å². The second-order valence-electron chi connectivity index (χ2n) is 6.74. The molecule has 0 saturated carbocycles. The van der Waals surface area contributed by atoms with Crippen LogP contribution in [-0.4, -0.2) is 60.9 Å². The maximum Gasteiger partial charge on any atom is 0.247 e. The lowest BCUT2D eigenvalue weighted by Gasteiger charge is -2.29. The predicted molar refractivity (Wildman–Crippen MR) is 75.7 cm³/mol. The van der Waals surface area contributed by atoms with Gasteiger partial charge >= 0.3 is 0 Å². The minimum atomic E-state index is -0.351. The zero-order valence-electron chi connectivity index (χ0n) is 13.0. The van der Waals surface area contributed by atoms with Crippen LogP contribution in [0.3, 0.4) is 0 Å². The van der Waals surface area contributed by atoms with E-state index in [2.05, 4.69) is 24.1 Å². The van der Waals surface area contributed by atoms with Crippen molar-refractivity contribution in [1.29, 1.82) is 0 Å². The van der Waals surface area contributed by atoms with Crippen molar-refractivity contribution in [3.63, 3.8) is 0 Å². The van der Waals surface area contributed by atoms with Gasteiger partial charge in [0.1, 0.15) is 0 Å². The first-order valence-electron chi connectivity index (χ1n) is 6.88. The molecule has 1 atom stereocenters. The van der Waals surface area contributed by atoms with Crippen LogP contribution in [-0.2, 0) is 9.59 Å². The van der Waals surface area contributed by atoms with E-state index in [0.29, 0.717) is 0 Å². The number of rotatable bonds is 6. The zero-order chi connectivity index (χ0) is 14.8. The molecular formula is C14H27N3O2. The summed E-state index contributed by atoms with van der Waals surface area (Å²) in [5.74, 6) is -0.149. The molecule has 1 aliphatic rings. The van der Waals surface area contributed by atoms with E-state index in [1.807, 2.05) is 27.9 Å². The molecule has 1 unspecified atom stereocenters. The second kappa shape index (κ2) is 6.01. The van der Waals surface area contributed by atoms with E-state index in [0.717, 1.165) is 13.1 Å². The number of likely N-dealkylation sites (tertiary alicyclic amines) is 1. The van der Waals surface area contributed by atoms with Gasteiger partial charge in [0.2, 0.25) is 11.8 Å². The first-order valence-corrected chi connectivity index (χ1v) is 6.88. The van der Waals surface area contributed by atoms with Crippen LogP contribution < -0.4 is 5.32 Å². The fourth-order valence-corrected chi connectivity index (χ4v) is 2.66. The highest BCUT2D eigenvalue weighted by Gasteiger charge is 2.40. The van der Waals surface area contributed by atoms with E-state index in [-0.39, 0.29) is 35.7 Å². The molecule has 1 saturated heterocycles. The third kappa shape index (κ3) is 4.28. The van der Waals surface area contributed by atoms with Crippen LogP contribution in [0.1, 0.15) is 34.1 Å². The van der Waals surface area contributed by atoms with Gasteiger partial charge in [-0.15, -0.1) is 0 Å². The number of imide groups is 1. The van der Waals surface area contributed by atoms with Crippen molar-refractivity contribution in [1.82, 2.24) is 15.1 Å². The summed E-state index contributed by atoms with van der Waals surface area (Å²) in [5.41, 5.74) is 0.0675. The van der Waals surface area contributed by atoms with Crippen molar-refractivity contribution in [3.8, 4) is 0 Å². The van der Waals surface area contributed by atoms with Crippen molar-refractivity contribution in [2.45, 2.75) is 46.2 Å². The Morgan fingerprint density at radius 2 is 1.95 bits per heavy atom. The first-order chi connectivity index (χ1) is 8.64. The van der Waals surface area contributed by atoms with Crippen LogP contribution in [0.5, 0.6) is 0 Å². The summed E-state index contributed by atoms with van der Waals surface area (Å²) >= 11 is 0. The molecule has 5 heteroatoms. The number of carbonyl (C=O) groups excluding carboxylic acids is 2. The van der Waals surface area contributed by atoms with Crippen molar-refractivity contribution < 1.29 is 9.59 Å². The molecule has 2 amide bonds. The number of amides is 2. The molecule has 0 radical (unpaired) electrons. The van der Waals surface area contributed by atoms with Crippen LogP contribution in [0.25, 0.3) is 0 Å². The van der Waals surface area contributed by atoms with Gasteiger partial charge in [-0.1, -0.05) is 13.8 Å². The van der Waals surface area contributed by atoms with E-state index >= 15 is 0 Å². The molecule has 0 bridgehead atoms. The molecule has 0 aliphatic carbocycles. The average Bonchev–Trinajstić information content (AvgIpc) is 2.49. The Hall–Kier alpha value is -0.940. The lowest BCUT2D eigenvalue weighted by atomic mass is 9.92. The van der Waals surface area contributed by atoms with Crippen molar-refractivity contribution in [3.05, 3.63) is 0 Å². The average molecular weight is 269 g/mol. The SMILES string of the molecule is CC(C)N1C(=O)CC(NCC(C)(C)CN(C)C)C1=O. The van der Waals surface area contributed by atoms with Gasteiger partial charge in [-0.25, -0.2) is 0 Å². The van der Waals surface area contributed by atoms with Crippen LogP contribution in [0.15, 0.2) is 0 Å². The Kier molecular flexibility index (Phi) is 5.10. The van der Waals surface area contributed by atoms with Gasteiger partial charge < -0.3 is 10.2 Å². The highest BCUT2D eigenvalue weighted by molar-refractivity contribution is 6.05. The first kappa shape index (κ1) is 16.1. The van der Waals surface area contributed by atoms with Crippen LogP contribution >= 0.6 is 0 Å². The van der Waals surface area contributed by atoms with Crippen molar-refractivity contribution >= 4 is 11.8 Å². The predicted octanol–water partition coefficient (Wildman–Crippen LogP) is 0.700. The number of carbonyl (C=O) groups is 2. The van der Waals surface area contributed by atoms with E-state index < -0.39 is 0 Å². The van der Waals surface area contributed by atoms with Crippen LogP contribution in [0, 0.1) is 5.41 Å². The van der Waals surface area contributed by atoms with E-state index in [1.165, 1.54) is 4.90 Å². The Labute approximate surface area is 116 Å². The molecule has 1 fully saturated rings. The summed E-state index contributed by atoms with van der Waals surface area (Å²) in [5, 5.41) is 3.25. The van der Waals surface area contributed by atoms with Crippen molar-refractivity contribution in [2.75, 3.05) is 27.2 Å². The van der Waals surface area contributed by atoms with Gasteiger partial charge in [0, 0.05) is 19.1 Å². The smallest absolute Gasteiger partial charge is 0.247 e. The molecule has 5 nitrogen and oxygen atoms in total. The van der Waals surface area contributed by atoms with Gasteiger partial charge in [0.25, 0.3) is 0 Å². The zero-order valence-corrected chi connectivity index (χ0v) is 13.0. The summed E-state index contributed by atoms with van der Waals surface area (Å²) in [4.78, 5) is 27.4. The maximum absolute atomic E-state index is 12.1. The minimum Gasteiger partial charge on any atom is -0.309 e. The Bertz CT molecular complexity index is 351. The fraction of sp³-hybridized carbons (Fsp3) is 0.857. The number of nitrogens with zero attached hydrogens (tertiary/aromatic N) is 2. The van der Waals surface area contributed by atoms with E-state index in [1.54, 1.807) is 0 Å². The van der Waals surface area contributed by atoms with Gasteiger partial charge in [-0.05, 0) is 33.4 Å². The molecule has 0 aromatic heterocycles. The maximum atomic E-state index is 12.1. The molecule has 110 valence electrons. The molecule has 1 aliphatic heterocycles. The Morgan fingerprint density at radius 3 is 2.37 bits per heavy atom. The Balaban J connectivity index is 2.56. The quantitative estimate of drug-likeness (QED) is 0.721. The van der Waals surface area contributed by atoms with Crippen molar-refractivity contribution in [2.24, 2.45) is 5.41 Å². The summed E-state index contributed by atoms with van der Waals surface area (Å²) in [7, 11) is 4.07. The fourth-order valence-electron chi connectivity index (χ4n) is 2.66. The number of hydrogen-bond acceptors (Lipinski definition) is 4. The van der Waals surface area contributed by atoms with E-state index in [9.17, 15) is 9.59 Å². The molecule has 0 aromatic carbocycles. The largest absolute Gasteiger partial charge is 0.309 e. The molecule has 1 heterocycles. The number of hydrogen-bond donors (Lipinski definition) is 1. The topological polar surface area (TPSA) is 52.7 Å². The summed E-state index contributed by atoms with van der Waals surface area (Å²) in [6.07, 6.45) is 0.287.